The first-order valence-corrected chi connectivity index (χ1v) is 8.78. The molecular weight excluding hydrogens is 384 g/mol. The molecule has 8 heteroatoms. The number of hydrogen-bond acceptors (Lipinski definition) is 6. The molecule has 0 spiro atoms. The highest BCUT2D eigenvalue weighted by Gasteiger charge is 2.11. The van der Waals surface area contributed by atoms with E-state index in [2.05, 4.69) is 10.5 Å². The van der Waals surface area contributed by atoms with E-state index in [1.807, 2.05) is 13.8 Å². The van der Waals surface area contributed by atoms with E-state index in [0.717, 1.165) is 11.1 Å². The topological polar surface area (TPSA) is 78.4 Å². The average Bonchev–Trinajstić information content (AvgIpc) is 2.69. The molecule has 1 N–H and O–H groups in total. The minimum Gasteiger partial charge on any atom is -0.496 e. The summed E-state index contributed by atoms with van der Waals surface area (Å²) in [6.07, 6.45) is 1.45. The number of nitrogens with one attached hydrogen (secondary N) is 1. The Morgan fingerprint density at radius 2 is 1.57 bits per heavy atom. The largest absolute Gasteiger partial charge is 0.496 e. The Bertz CT molecular complexity index is 860. The predicted molar refractivity (Wildman–Crippen MR) is 108 cm³/mol. The zero-order valence-corrected chi connectivity index (χ0v) is 17.2. The number of carbonyl (C=O) groups excluding carboxylic acids is 1. The van der Waals surface area contributed by atoms with Crippen molar-refractivity contribution in [2.75, 3.05) is 27.9 Å². The van der Waals surface area contributed by atoms with Crippen LogP contribution in [0.15, 0.2) is 29.4 Å². The summed E-state index contributed by atoms with van der Waals surface area (Å²) in [6.45, 7) is 3.58. The third-order valence-corrected chi connectivity index (χ3v) is 4.50. The monoisotopic (exact) mass is 406 g/mol. The van der Waals surface area contributed by atoms with Gasteiger partial charge in [0.05, 0.1) is 27.5 Å². The van der Waals surface area contributed by atoms with Crippen molar-refractivity contribution in [3.63, 3.8) is 0 Å². The fraction of sp³-hybridized carbons (Fsp3) is 0.300. The molecule has 28 heavy (non-hydrogen) atoms. The van der Waals surface area contributed by atoms with Gasteiger partial charge in [-0.1, -0.05) is 11.6 Å². The van der Waals surface area contributed by atoms with E-state index in [9.17, 15) is 4.79 Å². The second kappa shape index (κ2) is 9.85. The second-order valence-corrected chi connectivity index (χ2v) is 6.28. The van der Waals surface area contributed by atoms with Gasteiger partial charge in [0, 0.05) is 16.7 Å². The molecule has 0 aliphatic heterocycles. The normalized spacial score (nSPS) is 10.6. The van der Waals surface area contributed by atoms with Gasteiger partial charge in [-0.3, -0.25) is 4.79 Å². The Kier molecular flexibility index (Phi) is 7.52. The molecule has 0 heterocycles. The number of ether oxygens (including phenoxy) is 4. The fourth-order valence-electron chi connectivity index (χ4n) is 2.50. The average molecular weight is 407 g/mol. The van der Waals surface area contributed by atoms with Gasteiger partial charge in [-0.15, -0.1) is 0 Å². The van der Waals surface area contributed by atoms with Crippen molar-refractivity contribution >= 4 is 23.7 Å². The fourth-order valence-corrected chi connectivity index (χ4v) is 2.61. The number of hydrogen-bond donors (Lipinski definition) is 1. The van der Waals surface area contributed by atoms with Crippen molar-refractivity contribution < 1.29 is 23.7 Å². The molecule has 0 atom stereocenters. The van der Waals surface area contributed by atoms with Crippen LogP contribution in [0.5, 0.6) is 23.0 Å². The van der Waals surface area contributed by atoms with Gasteiger partial charge in [-0.05, 0) is 43.2 Å². The van der Waals surface area contributed by atoms with Crippen LogP contribution in [0.1, 0.15) is 16.7 Å². The lowest BCUT2D eigenvalue weighted by molar-refractivity contribution is -0.123. The van der Waals surface area contributed by atoms with E-state index < -0.39 is 5.91 Å². The Balaban J connectivity index is 2.00. The van der Waals surface area contributed by atoms with E-state index >= 15 is 0 Å². The molecule has 0 saturated heterocycles. The number of rotatable bonds is 8. The number of hydrazone groups is 1. The quantitative estimate of drug-likeness (QED) is 0.536. The summed E-state index contributed by atoms with van der Waals surface area (Å²) in [6, 6.07) is 6.93. The van der Waals surface area contributed by atoms with Crippen molar-refractivity contribution in [3.05, 3.63) is 46.0 Å². The standard InChI is InChI=1S/C20H23ClN2O5/c1-12-6-15(7-13(2)20(12)21)28-11-19(24)23-22-10-14-8-17(26-4)18(27-5)9-16(14)25-3/h6-10H,11H2,1-5H3,(H,23,24)/b22-10-. The third-order valence-electron chi connectivity index (χ3n) is 3.91. The number of methoxy groups -OCH3 is 3. The molecule has 2 rings (SSSR count). The first kappa shape index (κ1) is 21.4. The molecule has 0 fully saturated rings. The highest BCUT2D eigenvalue weighted by Crippen LogP contribution is 2.33. The lowest BCUT2D eigenvalue weighted by atomic mass is 10.1. The molecule has 0 bridgehead atoms. The van der Waals surface area contributed by atoms with Crippen LogP contribution in [0, 0.1) is 13.8 Å². The SMILES string of the molecule is COc1cc(OC)c(OC)cc1/C=N\NC(=O)COc1cc(C)c(Cl)c(C)c1. The van der Waals surface area contributed by atoms with Crippen molar-refractivity contribution in [3.8, 4) is 23.0 Å². The van der Waals surface area contributed by atoms with Crippen LogP contribution in [0.2, 0.25) is 5.02 Å². The summed E-state index contributed by atoms with van der Waals surface area (Å²) in [5, 5.41) is 4.63. The summed E-state index contributed by atoms with van der Waals surface area (Å²) in [7, 11) is 4.60. The minimum absolute atomic E-state index is 0.180. The molecule has 1 amide bonds. The number of carbonyl (C=O) groups is 1. The molecule has 150 valence electrons. The first-order chi connectivity index (χ1) is 13.4. The highest BCUT2D eigenvalue weighted by molar-refractivity contribution is 6.32. The van der Waals surface area contributed by atoms with Gasteiger partial charge in [0.25, 0.3) is 5.91 Å². The van der Waals surface area contributed by atoms with Crippen molar-refractivity contribution in [1.82, 2.24) is 5.43 Å². The van der Waals surface area contributed by atoms with E-state index in [0.29, 0.717) is 33.6 Å². The molecule has 0 aromatic heterocycles. The summed E-state index contributed by atoms with van der Waals surface area (Å²) in [5.74, 6) is 1.75. The number of aryl methyl sites for hydroxylation is 2. The van der Waals surface area contributed by atoms with E-state index in [1.54, 1.807) is 24.3 Å². The maximum Gasteiger partial charge on any atom is 0.277 e. The van der Waals surface area contributed by atoms with Gasteiger partial charge in [-0.2, -0.15) is 5.10 Å². The number of amides is 1. The maximum absolute atomic E-state index is 12.0. The van der Waals surface area contributed by atoms with Crippen LogP contribution in [0.3, 0.4) is 0 Å². The van der Waals surface area contributed by atoms with E-state index in [4.69, 9.17) is 30.5 Å². The molecule has 2 aromatic carbocycles. The van der Waals surface area contributed by atoms with Crippen LogP contribution in [-0.2, 0) is 4.79 Å². The molecule has 0 saturated carbocycles. The molecule has 7 nitrogen and oxygen atoms in total. The summed E-state index contributed by atoms with van der Waals surface area (Å²) < 4.78 is 21.3. The Hall–Kier alpha value is -2.93. The van der Waals surface area contributed by atoms with Crippen LogP contribution < -0.4 is 24.4 Å². The molecule has 0 unspecified atom stereocenters. The van der Waals surface area contributed by atoms with Gasteiger partial charge in [0.2, 0.25) is 0 Å². The van der Waals surface area contributed by atoms with Crippen molar-refractivity contribution in [2.45, 2.75) is 13.8 Å². The van der Waals surface area contributed by atoms with Gasteiger partial charge >= 0.3 is 0 Å². The molecule has 0 aliphatic carbocycles. The zero-order valence-electron chi connectivity index (χ0n) is 16.5. The van der Waals surface area contributed by atoms with Crippen LogP contribution in [0.25, 0.3) is 0 Å². The van der Waals surface area contributed by atoms with Crippen molar-refractivity contribution in [2.24, 2.45) is 5.10 Å². The van der Waals surface area contributed by atoms with E-state index in [-0.39, 0.29) is 6.61 Å². The second-order valence-electron chi connectivity index (χ2n) is 5.90. The zero-order chi connectivity index (χ0) is 20.7. The summed E-state index contributed by atoms with van der Waals surface area (Å²) in [4.78, 5) is 12.0. The molecular formula is C20H23ClN2O5. The smallest absolute Gasteiger partial charge is 0.277 e. The Labute approximate surface area is 169 Å². The summed E-state index contributed by atoms with van der Waals surface area (Å²) >= 11 is 6.12. The van der Waals surface area contributed by atoms with Gasteiger partial charge in [0.15, 0.2) is 18.1 Å². The lowest BCUT2D eigenvalue weighted by Crippen LogP contribution is -2.24. The lowest BCUT2D eigenvalue weighted by Gasteiger charge is -2.12. The minimum atomic E-state index is -0.402. The van der Waals surface area contributed by atoms with Crippen LogP contribution in [-0.4, -0.2) is 40.1 Å². The van der Waals surface area contributed by atoms with Crippen LogP contribution in [0.4, 0.5) is 0 Å². The van der Waals surface area contributed by atoms with Gasteiger partial charge < -0.3 is 18.9 Å². The first-order valence-electron chi connectivity index (χ1n) is 8.41. The van der Waals surface area contributed by atoms with Gasteiger partial charge in [0.1, 0.15) is 11.5 Å². The molecule has 2 aromatic rings. The predicted octanol–water partition coefficient (Wildman–Crippen LogP) is 3.51. The number of benzene rings is 2. The Morgan fingerprint density at radius 1 is 1.00 bits per heavy atom. The van der Waals surface area contributed by atoms with E-state index in [1.165, 1.54) is 27.5 Å². The molecule has 0 aliphatic rings. The number of nitrogens with zero attached hydrogens (tertiary/aromatic N) is 1. The van der Waals surface area contributed by atoms with Crippen LogP contribution >= 0.6 is 11.6 Å². The van der Waals surface area contributed by atoms with Crippen molar-refractivity contribution in [1.29, 1.82) is 0 Å². The summed E-state index contributed by atoms with van der Waals surface area (Å²) in [5.41, 5.74) is 4.80. The van der Waals surface area contributed by atoms with Gasteiger partial charge in [-0.25, -0.2) is 5.43 Å². The highest BCUT2D eigenvalue weighted by atomic mass is 35.5. The molecule has 0 radical (unpaired) electrons. The maximum atomic E-state index is 12.0. The Morgan fingerprint density at radius 3 is 2.14 bits per heavy atom. The third kappa shape index (κ3) is 5.29. The number of halogens is 1.